The van der Waals surface area contributed by atoms with Gasteiger partial charge in [-0.3, -0.25) is 0 Å². The van der Waals surface area contributed by atoms with Crippen LogP contribution >= 0.6 is 0 Å². The maximum Gasteiger partial charge on any atom is 0.0334 e. The standard InChI is InChI=1S/C20H25N/c1-19(2)18(20(19,3)4)17(21)16-12-10-15(11-13-16)14-8-6-5-7-9-14/h5-13,17-18H,21H2,1-4H3. The summed E-state index contributed by atoms with van der Waals surface area (Å²) in [6.45, 7) is 9.32. The summed E-state index contributed by atoms with van der Waals surface area (Å²) in [6.07, 6.45) is 0. The zero-order valence-electron chi connectivity index (χ0n) is 13.4. The highest BCUT2D eigenvalue weighted by Gasteiger charge is 2.66. The fourth-order valence-electron chi connectivity index (χ4n) is 3.87. The van der Waals surface area contributed by atoms with E-state index in [2.05, 4.69) is 76.2 Å². The topological polar surface area (TPSA) is 26.0 Å². The Labute approximate surface area is 128 Å². The summed E-state index contributed by atoms with van der Waals surface area (Å²) >= 11 is 0. The van der Waals surface area contributed by atoms with Crippen molar-refractivity contribution >= 4 is 0 Å². The maximum atomic E-state index is 6.54. The fourth-order valence-corrected chi connectivity index (χ4v) is 3.87. The van der Waals surface area contributed by atoms with Crippen LogP contribution in [0.1, 0.15) is 39.3 Å². The van der Waals surface area contributed by atoms with Gasteiger partial charge in [-0.1, -0.05) is 82.3 Å². The molecule has 0 spiro atoms. The van der Waals surface area contributed by atoms with Crippen LogP contribution in [0.25, 0.3) is 11.1 Å². The van der Waals surface area contributed by atoms with E-state index >= 15 is 0 Å². The number of rotatable bonds is 3. The number of hydrogen-bond donors (Lipinski definition) is 1. The van der Waals surface area contributed by atoms with Gasteiger partial charge in [0, 0.05) is 6.04 Å². The molecular formula is C20H25N. The average molecular weight is 279 g/mol. The van der Waals surface area contributed by atoms with Gasteiger partial charge in [-0.25, -0.2) is 0 Å². The molecule has 1 saturated carbocycles. The van der Waals surface area contributed by atoms with Crippen molar-refractivity contribution in [1.82, 2.24) is 0 Å². The first-order valence-electron chi connectivity index (χ1n) is 7.76. The van der Waals surface area contributed by atoms with Gasteiger partial charge in [-0.05, 0) is 33.4 Å². The van der Waals surface area contributed by atoms with Crippen molar-refractivity contribution in [2.75, 3.05) is 0 Å². The van der Waals surface area contributed by atoms with Gasteiger partial charge in [0.2, 0.25) is 0 Å². The largest absolute Gasteiger partial charge is 0.324 e. The molecule has 1 aliphatic carbocycles. The van der Waals surface area contributed by atoms with Crippen molar-refractivity contribution < 1.29 is 0 Å². The maximum absolute atomic E-state index is 6.54. The second-order valence-corrected chi connectivity index (χ2v) is 7.43. The van der Waals surface area contributed by atoms with Crippen molar-refractivity contribution in [3.8, 4) is 11.1 Å². The van der Waals surface area contributed by atoms with E-state index in [9.17, 15) is 0 Å². The van der Waals surface area contributed by atoms with Crippen LogP contribution in [-0.4, -0.2) is 0 Å². The predicted molar refractivity (Wildman–Crippen MR) is 89.9 cm³/mol. The first kappa shape index (κ1) is 14.3. The molecule has 0 heterocycles. The molecule has 0 saturated heterocycles. The van der Waals surface area contributed by atoms with Crippen LogP contribution in [-0.2, 0) is 0 Å². The van der Waals surface area contributed by atoms with Crippen molar-refractivity contribution in [1.29, 1.82) is 0 Å². The van der Waals surface area contributed by atoms with E-state index < -0.39 is 0 Å². The van der Waals surface area contributed by atoms with Crippen molar-refractivity contribution in [2.45, 2.75) is 33.7 Å². The van der Waals surface area contributed by atoms with Crippen LogP contribution in [0.4, 0.5) is 0 Å². The Kier molecular flexibility index (Phi) is 3.22. The van der Waals surface area contributed by atoms with E-state index in [1.165, 1.54) is 16.7 Å². The summed E-state index contributed by atoms with van der Waals surface area (Å²) in [5.41, 5.74) is 10.9. The lowest BCUT2D eigenvalue weighted by molar-refractivity contribution is 0.457. The molecular weight excluding hydrogens is 254 g/mol. The molecule has 1 aliphatic rings. The van der Waals surface area contributed by atoms with Crippen molar-refractivity contribution in [2.24, 2.45) is 22.5 Å². The highest BCUT2D eigenvalue weighted by molar-refractivity contribution is 5.63. The van der Waals surface area contributed by atoms with Crippen molar-refractivity contribution in [3.63, 3.8) is 0 Å². The SMILES string of the molecule is CC1(C)C(C(N)c2ccc(-c3ccccc3)cc2)C1(C)C. The van der Waals surface area contributed by atoms with E-state index in [1.807, 2.05) is 6.07 Å². The number of benzene rings is 2. The van der Waals surface area contributed by atoms with Crippen molar-refractivity contribution in [3.05, 3.63) is 60.2 Å². The van der Waals surface area contributed by atoms with Crippen LogP contribution in [0.5, 0.6) is 0 Å². The summed E-state index contributed by atoms with van der Waals surface area (Å²) in [5, 5.41) is 0. The molecule has 2 N–H and O–H groups in total. The third-order valence-corrected chi connectivity index (χ3v) is 5.89. The van der Waals surface area contributed by atoms with E-state index in [-0.39, 0.29) is 6.04 Å². The van der Waals surface area contributed by atoms with E-state index in [0.717, 1.165) is 0 Å². The molecule has 2 aromatic carbocycles. The summed E-state index contributed by atoms with van der Waals surface area (Å²) in [4.78, 5) is 0. The Bertz CT molecular complexity index is 609. The van der Waals surface area contributed by atoms with Crippen LogP contribution in [0.3, 0.4) is 0 Å². The molecule has 1 fully saturated rings. The Balaban J connectivity index is 1.83. The van der Waals surface area contributed by atoms with Gasteiger partial charge in [0.15, 0.2) is 0 Å². The molecule has 21 heavy (non-hydrogen) atoms. The number of nitrogens with two attached hydrogens (primary N) is 1. The highest BCUT2D eigenvalue weighted by atomic mass is 14.8. The van der Waals surface area contributed by atoms with Gasteiger partial charge < -0.3 is 5.73 Å². The smallest absolute Gasteiger partial charge is 0.0334 e. The van der Waals surface area contributed by atoms with E-state index in [4.69, 9.17) is 5.73 Å². The molecule has 1 heteroatoms. The van der Waals surface area contributed by atoms with Gasteiger partial charge in [0.25, 0.3) is 0 Å². The lowest BCUT2D eigenvalue weighted by Crippen LogP contribution is -2.16. The molecule has 0 radical (unpaired) electrons. The zero-order valence-corrected chi connectivity index (χ0v) is 13.4. The lowest BCUT2D eigenvalue weighted by Gasteiger charge is -2.15. The molecule has 110 valence electrons. The molecule has 0 amide bonds. The Hall–Kier alpha value is -1.60. The summed E-state index contributed by atoms with van der Waals surface area (Å²) in [7, 11) is 0. The molecule has 1 atom stereocenters. The molecule has 3 rings (SSSR count). The Morgan fingerprint density at radius 1 is 0.762 bits per heavy atom. The highest BCUT2D eigenvalue weighted by Crippen LogP contribution is 2.71. The van der Waals surface area contributed by atoms with E-state index in [0.29, 0.717) is 16.7 Å². The molecule has 1 nitrogen and oxygen atoms in total. The zero-order chi connectivity index (χ0) is 15.3. The average Bonchev–Trinajstić information content (AvgIpc) is 2.89. The minimum absolute atomic E-state index is 0.125. The van der Waals surface area contributed by atoms with Gasteiger partial charge in [-0.15, -0.1) is 0 Å². The minimum atomic E-state index is 0.125. The third kappa shape index (κ3) is 2.20. The number of hydrogen-bond acceptors (Lipinski definition) is 1. The Morgan fingerprint density at radius 3 is 1.71 bits per heavy atom. The first-order chi connectivity index (χ1) is 9.85. The van der Waals surface area contributed by atoms with Gasteiger partial charge >= 0.3 is 0 Å². The summed E-state index contributed by atoms with van der Waals surface area (Å²) < 4.78 is 0. The van der Waals surface area contributed by atoms with Gasteiger partial charge in [-0.2, -0.15) is 0 Å². The molecule has 0 aromatic heterocycles. The summed E-state index contributed by atoms with van der Waals surface area (Å²) in [5.74, 6) is 0.549. The van der Waals surface area contributed by atoms with Crippen LogP contribution in [0, 0.1) is 16.7 Å². The first-order valence-corrected chi connectivity index (χ1v) is 7.76. The second kappa shape index (κ2) is 4.71. The molecule has 1 unspecified atom stereocenters. The molecule has 0 bridgehead atoms. The molecule has 2 aromatic rings. The summed E-state index contributed by atoms with van der Waals surface area (Å²) in [6, 6.07) is 19.4. The quantitative estimate of drug-likeness (QED) is 0.837. The lowest BCUT2D eigenvalue weighted by atomic mass is 9.95. The predicted octanol–water partition coefficient (Wildman–Crippen LogP) is 5.04. The molecule has 0 aliphatic heterocycles. The van der Waals surface area contributed by atoms with Crippen LogP contribution in [0.15, 0.2) is 54.6 Å². The monoisotopic (exact) mass is 279 g/mol. The van der Waals surface area contributed by atoms with Crippen LogP contribution in [0.2, 0.25) is 0 Å². The third-order valence-electron chi connectivity index (χ3n) is 5.89. The fraction of sp³-hybridized carbons (Fsp3) is 0.400. The second-order valence-electron chi connectivity index (χ2n) is 7.43. The van der Waals surface area contributed by atoms with Gasteiger partial charge in [0.05, 0.1) is 0 Å². The normalized spacial score (nSPS) is 21.0. The van der Waals surface area contributed by atoms with E-state index in [1.54, 1.807) is 0 Å². The van der Waals surface area contributed by atoms with Crippen LogP contribution < -0.4 is 5.73 Å². The Morgan fingerprint density at radius 2 is 1.24 bits per heavy atom. The minimum Gasteiger partial charge on any atom is -0.324 e. The van der Waals surface area contributed by atoms with Gasteiger partial charge in [0.1, 0.15) is 0 Å².